The van der Waals surface area contributed by atoms with E-state index in [0.29, 0.717) is 18.2 Å². The van der Waals surface area contributed by atoms with E-state index in [4.69, 9.17) is 11.1 Å². The first-order valence-electron chi connectivity index (χ1n) is 7.32. The van der Waals surface area contributed by atoms with Crippen LogP contribution in [-0.2, 0) is 6.54 Å². The molecule has 20 heavy (non-hydrogen) atoms. The van der Waals surface area contributed by atoms with Crippen LogP contribution in [0.4, 0.5) is 4.39 Å². The Morgan fingerprint density at radius 2 is 2.00 bits per heavy atom. The van der Waals surface area contributed by atoms with Crippen molar-refractivity contribution >= 4 is 5.84 Å². The van der Waals surface area contributed by atoms with Crippen LogP contribution in [0.15, 0.2) is 18.2 Å². The minimum absolute atomic E-state index is 0.0900. The van der Waals surface area contributed by atoms with Gasteiger partial charge in [-0.3, -0.25) is 10.3 Å². The summed E-state index contributed by atoms with van der Waals surface area (Å²) >= 11 is 0. The van der Waals surface area contributed by atoms with Gasteiger partial charge in [0.25, 0.3) is 0 Å². The molecule has 0 radical (unpaired) electrons. The van der Waals surface area contributed by atoms with Gasteiger partial charge in [0.1, 0.15) is 11.7 Å². The fourth-order valence-electron chi connectivity index (χ4n) is 2.22. The Morgan fingerprint density at radius 3 is 2.55 bits per heavy atom. The summed E-state index contributed by atoms with van der Waals surface area (Å²) in [5, 5.41) is 7.43. The Bertz CT molecular complexity index is 443. The molecule has 112 valence electrons. The van der Waals surface area contributed by atoms with Gasteiger partial charge in [0.15, 0.2) is 0 Å². The van der Waals surface area contributed by atoms with Crippen LogP contribution in [0.3, 0.4) is 0 Å². The summed E-state index contributed by atoms with van der Waals surface area (Å²) in [7, 11) is 0. The molecule has 0 amide bonds. The number of hydrogen-bond donors (Lipinski definition) is 2. The van der Waals surface area contributed by atoms with Crippen molar-refractivity contribution in [3.63, 3.8) is 0 Å². The highest BCUT2D eigenvalue weighted by atomic mass is 19.1. The summed E-state index contributed by atoms with van der Waals surface area (Å²) in [5.41, 5.74) is 6.77. The molecule has 1 rings (SSSR count). The maximum atomic E-state index is 13.6. The Morgan fingerprint density at radius 1 is 1.30 bits per heavy atom. The van der Waals surface area contributed by atoms with E-state index in [9.17, 15) is 4.39 Å². The van der Waals surface area contributed by atoms with Crippen molar-refractivity contribution in [2.75, 3.05) is 6.54 Å². The van der Waals surface area contributed by atoms with Gasteiger partial charge in [-0.1, -0.05) is 19.8 Å². The van der Waals surface area contributed by atoms with Crippen LogP contribution in [0.1, 0.15) is 51.2 Å². The van der Waals surface area contributed by atoms with Gasteiger partial charge < -0.3 is 5.73 Å². The molecule has 3 N–H and O–H groups in total. The molecule has 0 saturated carbocycles. The van der Waals surface area contributed by atoms with Crippen LogP contribution < -0.4 is 5.73 Å². The normalized spacial score (nSPS) is 11.3. The van der Waals surface area contributed by atoms with E-state index >= 15 is 0 Å². The Hall–Kier alpha value is -1.42. The number of nitrogen functional groups attached to an aromatic ring is 1. The molecule has 0 saturated heterocycles. The number of nitrogens with two attached hydrogens (primary N) is 1. The number of halogens is 1. The lowest BCUT2D eigenvalue weighted by Crippen LogP contribution is -2.31. The first-order valence-corrected chi connectivity index (χ1v) is 7.32. The molecule has 1 aromatic rings. The van der Waals surface area contributed by atoms with Crippen LogP contribution in [0, 0.1) is 11.2 Å². The molecule has 0 spiro atoms. The molecule has 0 aliphatic heterocycles. The minimum Gasteiger partial charge on any atom is -0.384 e. The third-order valence-corrected chi connectivity index (χ3v) is 3.43. The van der Waals surface area contributed by atoms with Crippen LogP contribution in [0.2, 0.25) is 0 Å². The molecular formula is C16H26FN3. The zero-order chi connectivity index (χ0) is 15.1. The molecular weight excluding hydrogens is 253 g/mol. The van der Waals surface area contributed by atoms with Crippen molar-refractivity contribution < 1.29 is 4.39 Å². The average Bonchev–Trinajstić information content (AvgIpc) is 2.36. The summed E-state index contributed by atoms with van der Waals surface area (Å²) in [6.45, 7) is 8.19. The highest BCUT2D eigenvalue weighted by Crippen LogP contribution is 2.14. The number of benzene rings is 1. The lowest BCUT2D eigenvalue weighted by Gasteiger charge is -2.26. The standard InChI is InChI=1S/C16H26FN3/c1-4-5-6-7-20(12(2)3)11-13-8-14(16(18)19)10-15(17)9-13/h8-10,12H,4-7,11H2,1-3H3,(H3,18,19). The molecule has 4 heteroatoms. The van der Waals surface area contributed by atoms with E-state index in [2.05, 4.69) is 25.7 Å². The molecule has 0 atom stereocenters. The van der Waals surface area contributed by atoms with E-state index in [-0.39, 0.29) is 11.7 Å². The molecule has 0 fully saturated rings. The van der Waals surface area contributed by atoms with Gasteiger partial charge in [0.05, 0.1) is 0 Å². The molecule has 0 heterocycles. The first-order chi connectivity index (χ1) is 9.43. The zero-order valence-corrected chi connectivity index (χ0v) is 12.7. The second-order valence-corrected chi connectivity index (χ2v) is 5.53. The van der Waals surface area contributed by atoms with Gasteiger partial charge >= 0.3 is 0 Å². The van der Waals surface area contributed by atoms with Gasteiger partial charge in [-0.15, -0.1) is 0 Å². The highest BCUT2D eigenvalue weighted by molar-refractivity contribution is 5.95. The minimum atomic E-state index is -0.329. The summed E-state index contributed by atoms with van der Waals surface area (Å²) in [6.07, 6.45) is 3.56. The second-order valence-electron chi connectivity index (χ2n) is 5.53. The average molecular weight is 279 g/mol. The van der Waals surface area contributed by atoms with Gasteiger partial charge in [0.2, 0.25) is 0 Å². The van der Waals surface area contributed by atoms with Crippen molar-refractivity contribution in [1.82, 2.24) is 4.90 Å². The summed E-state index contributed by atoms with van der Waals surface area (Å²) in [6, 6.07) is 5.06. The monoisotopic (exact) mass is 279 g/mol. The second kappa shape index (κ2) is 8.00. The highest BCUT2D eigenvalue weighted by Gasteiger charge is 2.11. The van der Waals surface area contributed by atoms with E-state index in [1.807, 2.05) is 0 Å². The molecule has 0 aliphatic carbocycles. The predicted octanol–water partition coefficient (Wildman–Crippen LogP) is 3.51. The van der Waals surface area contributed by atoms with Crippen LogP contribution in [0.25, 0.3) is 0 Å². The van der Waals surface area contributed by atoms with Crippen molar-refractivity contribution in [3.05, 3.63) is 35.1 Å². The molecule has 0 aromatic heterocycles. The fourth-order valence-corrected chi connectivity index (χ4v) is 2.22. The quantitative estimate of drug-likeness (QED) is 0.434. The number of rotatable bonds is 8. The van der Waals surface area contributed by atoms with E-state index in [1.54, 1.807) is 6.07 Å². The molecule has 0 aliphatic rings. The number of unbranched alkanes of at least 4 members (excludes halogenated alkanes) is 2. The van der Waals surface area contributed by atoms with Gasteiger partial charge in [0, 0.05) is 18.2 Å². The van der Waals surface area contributed by atoms with Gasteiger partial charge in [-0.2, -0.15) is 0 Å². The molecule has 3 nitrogen and oxygen atoms in total. The van der Waals surface area contributed by atoms with Crippen molar-refractivity contribution in [1.29, 1.82) is 5.41 Å². The fraction of sp³-hybridized carbons (Fsp3) is 0.562. The molecule has 0 bridgehead atoms. The lowest BCUT2D eigenvalue weighted by molar-refractivity contribution is 0.208. The van der Waals surface area contributed by atoms with Crippen LogP contribution in [0.5, 0.6) is 0 Å². The molecule has 1 aromatic carbocycles. The molecule has 0 unspecified atom stereocenters. The van der Waals surface area contributed by atoms with E-state index in [1.165, 1.54) is 25.0 Å². The van der Waals surface area contributed by atoms with Crippen molar-refractivity contribution in [2.24, 2.45) is 5.73 Å². The van der Waals surface area contributed by atoms with Crippen molar-refractivity contribution in [3.8, 4) is 0 Å². The zero-order valence-electron chi connectivity index (χ0n) is 12.7. The van der Waals surface area contributed by atoms with Crippen molar-refractivity contribution in [2.45, 2.75) is 52.6 Å². The third kappa shape index (κ3) is 5.29. The largest absolute Gasteiger partial charge is 0.384 e. The summed E-state index contributed by atoms with van der Waals surface area (Å²) < 4.78 is 13.6. The maximum absolute atomic E-state index is 13.6. The first kappa shape index (κ1) is 16.6. The number of nitrogens with zero attached hydrogens (tertiary/aromatic N) is 1. The Kier molecular flexibility index (Phi) is 6.65. The van der Waals surface area contributed by atoms with E-state index < -0.39 is 0 Å². The third-order valence-electron chi connectivity index (χ3n) is 3.43. The smallest absolute Gasteiger partial charge is 0.124 e. The Labute approximate surface area is 121 Å². The lowest BCUT2D eigenvalue weighted by atomic mass is 10.1. The number of hydrogen-bond acceptors (Lipinski definition) is 2. The topological polar surface area (TPSA) is 53.1 Å². The van der Waals surface area contributed by atoms with Gasteiger partial charge in [-0.25, -0.2) is 4.39 Å². The van der Waals surface area contributed by atoms with E-state index in [0.717, 1.165) is 18.5 Å². The summed E-state index contributed by atoms with van der Waals surface area (Å²) in [5.74, 6) is -0.419. The number of nitrogens with one attached hydrogen (secondary N) is 1. The van der Waals surface area contributed by atoms with Crippen LogP contribution >= 0.6 is 0 Å². The Balaban J connectivity index is 2.79. The van der Waals surface area contributed by atoms with Crippen LogP contribution in [-0.4, -0.2) is 23.3 Å². The number of amidine groups is 1. The van der Waals surface area contributed by atoms with Gasteiger partial charge in [-0.05, 0) is 50.6 Å². The SMILES string of the molecule is CCCCCN(Cc1cc(F)cc(C(=N)N)c1)C(C)C. The maximum Gasteiger partial charge on any atom is 0.124 e. The predicted molar refractivity (Wildman–Crippen MR) is 82.5 cm³/mol. The summed E-state index contributed by atoms with van der Waals surface area (Å²) in [4.78, 5) is 2.33.